The minimum Gasteiger partial charge on any atom is -0.472 e. The van der Waals surface area contributed by atoms with E-state index in [4.69, 9.17) is 16.3 Å². The summed E-state index contributed by atoms with van der Waals surface area (Å²) in [4.78, 5) is 8.39. The molecule has 2 aromatic carbocycles. The lowest BCUT2D eigenvalue weighted by atomic mass is 10.2. The van der Waals surface area contributed by atoms with Gasteiger partial charge in [-0.3, -0.25) is 0 Å². The Morgan fingerprint density at radius 1 is 1.05 bits per heavy atom. The summed E-state index contributed by atoms with van der Waals surface area (Å²) in [5.74, 6) is 0.576. The van der Waals surface area contributed by atoms with Crippen molar-refractivity contribution < 1.29 is 4.74 Å². The molecular formula is C16H13ClN2O. The van der Waals surface area contributed by atoms with Gasteiger partial charge in [0.15, 0.2) is 0 Å². The van der Waals surface area contributed by atoms with E-state index < -0.39 is 0 Å². The predicted molar refractivity (Wildman–Crippen MR) is 80.1 cm³/mol. The fraction of sp³-hybridized carbons (Fsp3) is 0.125. The molecule has 0 saturated heterocycles. The highest BCUT2D eigenvalue weighted by atomic mass is 35.5. The number of fused-ring (bicyclic) bond motifs is 1. The Hall–Kier alpha value is -2.13. The Morgan fingerprint density at radius 2 is 1.85 bits per heavy atom. The van der Waals surface area contributed by atoms with Crippen LogP contribution in [0.15, 0.2) is 48.8 Å². The molecule has 0 aliphatic heterocycles. The van der Waals surface area contributed by atoms with E-state index in [1.165, 1.54) is 11.9 Å². The fourth-order valence-corrected chi connectivity index (χ4v) is 2.12. The first-order chi connectivity index (χ1) is 9.72. The Kier molecular flexibility index (Phi) is 3.52. The third-order valence-electron chi connectivity index (χ3n) is 3.06. The van der Waals surface area contributed by atoms with Crippen molar-refractivity contribution in [1.82, 2.24) is 9.97 Å². The van der Waals surface area contributed by atoms with Crippen LogP contribution in [0.5, 0.6) is 5.88 Å². The number of halogens is 1. The first kappa shape index (κ1) is 12.9. The smallest absolute Gasteiger partial charge is 0.224 e. The van der Waals surface area contributed by atoms with Gasteiger partial charge in [0, 0.05) is 5.02 Å². The number of aryl methyl sites for hydroxylation is 1. The highest BCUT2D eigenvalue weighted by Crippen LogP contribution is 2.24. The molecule has 1 heterocycles. The van der Waals surface area contributed by atoms with Gasteiger partial charge in [0.1, 0.15) is 12.9 Å². The van der Waals surface area contributed by atoms with Crippen LogP contribution in [0.25, 0.3) is 10.9 Å². The SMILES string of the molecule is Cc1ccc(COc2ncnc3cc(Cl)ccc23)cc1. The Labute approximate surface area is 122 Å². The monoisotopic (exact) mass is 284 g/mol. The number of nitrogens with zero attached hydrogens (tertiary/aromatic N) is 2. The summed E-state index contributed by atoms with van der Waals surface area (Å²) < 4.78 is 5.79. The number of rotatable bonds is 3. The highest BCUT2D eigenvalue weighted by molar-refractivity contribution is 6.31. The van der Waals surface area contributed by atoms with E-state index in [1.54, 1.807) is 6.07 Å². The van der Waals surface area contributed by atoms with Crippen molar-refractivity contribution in [1.29, 1.82) is 0 Å². The third-order valence-corrected chi connectivity index (χ3v) is 3.29. The number of hydrogen-bond acceptors (Lipinski definition) is 3. The maximum atomic E-state index is 5.96. The molecule has 0 N–H and O–H groups in total. The lowest BCUT2D eigenvalue weighted by molar-refractivity contribution is 0.297. The molecule has 0 unspecified atom stereocenters. The van der Waals surface area contributed by atoms with Crippen molar-refractivity contribution in [3.8, 4) is 5.88 Å². The van der Waals surface area contributed by atoms with E-state index in [9.17, 15) is 0 Å². The van der Waals surface area contributed by atoms with E-state index in [2.05, 4.69) is 41.2 Å². The average molecular weight is 285 g/mol. The Bertz CT molecular complexity index is 741. The Morgan fingerprint density at radius 3 is 2.65 bits per heavy atom. The zero-order chi connectivity index (χ0) is 13.9. The summed E-state index contributed by atoms with van der Waals surface area (Å²) in [5.41, 5.74) is 3.12. The summed E-state index contributed by atoms with van der Waals surface area (Å²) >= 11 is 5.96. The molecule has 0 radical (unpaired) electrons. The summed E-state index contributed by atoms with van der Waals surface area (Å²) in [7, 11) is 0. The number of ether oxygens (including phenoxy) is 1. The van der Waals surface area contributed by atoms with Gasteiger partial charge in [0.25, 0.3) is 0 Å². The second-order valence-corrected chi connectivity index (χ2v) is 5.05. The summed E-state index contributed by atoms with van der Waals surface area (Å²) in [5, 5.41) is 1.52. The van der Waals surface area contributed by atoms with Crippen molar-refractivity contribution in [2.45, 2.75) is 13.5 Å². The molecule has 20 heavy (non-hydrogen) atoms. The van der Waals surface area contributed by atoms with Gasteiger partial charge in [0.05, 0.1) is 10.9 Å². The van der Waals surface area contributed by atoms with Gasteiger partial charge < -0.3 is 4.74 Å². The molecule has 0 spiro atoms. The molecule has 4 heteroatoms. The van der Waals surface area contributed by atoms with Gasteiger partial charge in [-0.2, -0.15) is 0 Å². The zero-order valence-electron chi connectivity index (χ0n) is 11.0. The van der Waals surface area contributed by atoms with Crippen molar-refractivity contribution in [3.63, 3.8) is 0 Å². The standard InChI is InChI=1S/C16H13ClN2O/c1-11-2-4-12(5-3-11)9-20-16-14-7-6-13(17)8-15(14)18-10-19-16/h2-8,10H,9H2,1H3. The zero-order valence-corrected chi connectivity index (χ0v) is 11.8. The van der Waals surface area contributed by atoms with Crippen LogP contribution in [0.3, 0.4) is 0 Å². The molecule has 0 atom stereocenters. The van der Waals surface area contributed by atoms with Crippen LogP contribution in [0.4, 0.5) is 0 Å². The molecule has 1 aromatic heterocycles. The minimum absolute atomic E-state index is 0.481. The lowest BCUT2D eigenvalue weighted by Gasteiger charge is -2.08. The van der Waals surface area contributed by atoms with Crippen LogP contribution in [0, 0.1) is 6.92 Å². The molecule has 100 valence electrons. The van der Waals surface area contributed by atoms with Crippen LogP contribution in [0.1, 0.15) is 11.1 Å². The molecule has 3 rings (SSSR count). The molecule has 0 aliphatic carbocycles. The molecule has 0 amide bonds. The largest absolute Gasteiger partial charge is 0.472 e. The van der Waals surface area contributed by atoms with E-state index in [1.807, 2.05) is 12.1 Å². The quantitative estimate of drug-likeness (QED) is 0.724. The molecule has 3 aromatic rings. The molecule has 3 nitrogen and oxygen atoms in total. The van der Waals surface area contributed by atoms with E-state index >= 15 is 0 Å². The third kappa shape index (κ3) is 2.73. The number of aromatic nitrogens is 2. The average Bonchev–Trinajstić information content (AvgIpc) is 2.46. The summed E-state index contributed by atoms with van der Waals surface area (Å²) in [6.07, 6.45) is 1.49. The van der Waals surface area contributed by atoms with Crippen LogP contribution < -0.4 is 4.74 Å². The van der Waals surface area contributed by atoms with Crippen molar-refractivity contribution in [2.75, 3.05) is 0 Å². The van der Waals surface area contributed by atoms with Crippen molar-refractivity contribution in [2.24, 2.45) is 0 Å². The van der Waals surface area contributed by atoms with Crippen molar-refractivity contribution >= 4 is 22.5 Å². The van der Waals surface area contributed by atoms with Gasteiger partial charge in [-0.25, -0.2) is 9.97 Å². The maximum Gasteiger partial charge on any atom is 0.224 e. The van der Waals surface area contributed by atoms with E-state index in [-0.39, 0.29) is 0 Å². The molecule has 0 bridgehead atoms. The Balaban J connectivity index is 1.85. The molecule has 0 aliphatic rings. The minimum atomic E-state index is 0.481. The maximum absolute atomic E-state index is 5.96. The summed E-state index contributed by atoms with van der Waals surface area (Å²) in [6, 6.07) is 13.7. The van der Waals surface area contributed by atoms with Crippen molar-refractivity contribution in [3.05, 3.63) is 64.9 Å². The second-order valence-electron chi connectivity index (χ2n) is 4.61. The van der Waals surface area contributed by atoms with Gasteiger partial charge in [-0.1, -0.05) is 41.4 Å². The number of benzene rings is 2. The van der Waals surface area contributed by atoms with Gasteiger partial charge in [-0.15, -0.1) is 0 Å². The highest BCUT2D eigenvalue weighted by Gasteiger charge is 2.05. The van der Waals surface area contributed by atoms with E-state index in [0.29, 0.717) is 17.5 Å². The normalized spacial score (nSPS) is 10.7. The van der Waals surface area contributed by atoms with Gasteiger partial charge in [0.2, 0.25) is 5.88 Å². The number of hydrogen-bond donors (Lipinski definition) is 0. The first-order valence-electron chi connectivity index (χ1n) is 6.31. The van der Waals surface area contributed by atoms with Gasteiger partial charge >= 0.3 is 0 Å². The van der Waals surface area contributed by atoms with Crippen LogP contribution in [-0.4, -0.2) is 9.97 Å². The molecule has 0 fully saturated rings. The van der Waals surface area contributed by atoms with Crippen LogP contribution in [-0.2, 0) is 6.61 Å². The van der Waals surface area contributed by atoms with Crippen LogP contribution in [0.2, 0.25) is 5.02 Å². The lowest BCUT2D eigenvalue weighted by Crippen LogP contribution is -1.98. The topological polar surface area (TPSA) is 35.0 Å². The second kappa shape index (κ2) is 5.47. The first-order valence-corrected chi connectivity index (χ1v) is 6.69. The van der Waals surface area contributed by atoms with Gasteiger partial charge in [-0.05, 0) is 30.7 Å². The van der Waals surface area contributed by atoms with Crippen LogP contribution >= 0.6 is 11.6 Å². The predicted octanol–water partition coefficient (Wildman–Crippen LogP) is 4.17. The molecular weight excluding hydrogens is 272 g/mol. The van der Waals surface area contributed by atoms with E-state index in [0.717, 1.165) is 16.5 Å². The summed E-state index contributed by atoms with van der Waals surface area (Å²) in [6.45, 7) is 2.54. The fourth-order valence-electron chi connectivity index (χ4n) is 1.96. The molecule has 0 saturated carbocycles.